The largest absolute Gasteiger partial charge is 0.462 e. The van der Waals surface area contributed by atoms with E-state index in [1.807, 2.05) is 0 Å². The van der Waals surface area contributed by atoms with Gasteiger partial charge in [-0.25, -0.2) is 4.79 Å². The molecule has 22 heavy (non-hydrogen) atoms. The lowest BCUT2D eigenvalue weighted by Crippen LogP contribution is -2.27. The molecule has 0 spiro atoms. The minimum absolute atomic E-state index is 0.0583. The zero-order valence-electron chi connectivity index (χ0n) is 12.3. The molecule has 2 atom stereocenters. The van der Waals surface area contributed by atoms with Gasteiger partial charge in [-0.05, 0) is 18.6 Å². The van der Waals surface area contributed by atoms with Crippen molar-refractivity contribution in [3.8, 4) is 0 Å². The maximum absolute atomic E-state index is 11.9. The lowest BCUT2D eigenvalue weighted by atomic mass is 10.1. The van der Waals surface area contributed by atoms with Crippen LogP contribution in [0.4, 0.5) is 0 Å². The van der Waals surface area contributed by atoms with E-state index in [2.05, 4.69) is 0 Å². The fourth-order valence-corrected chi connectivity index (χ4v) is 2.25. The molecule has 0 unspecified atom stereocenters. The van der Waals surface area contributed by atoms with Gasteiger partial charge in [-0.15, -0.1) is 0 Å². The van der Waals surface area contributed by atoms with E-state index in [1.165, 1.54) is 6.92 Å². The quantitative estimate of drug-likeness (QED) is 0.624. The van der Waals surface area contributed by atoms with Crippen LogP contribution in [-0.4, -0.2) is 36.7 Å². The van der Waals surface area contributed by atoms with Gasteiger partial charge in [-0.1, -0.05) is 18.2 Å². The first-order valence-electron chi connectivity index (χ1n) is 7.13. The average molecular weight is 306 g/mol. The van der Waals surface area contributed by atoms with Crippen LogP contribution in [0, 0.1) is 0 Å². The van der Waals surface area contributed by atoms with E-state index in [9.17, 15) is 14.4 Å². The van der Waals surface area contributed by atoms with Gasteiger partial charge in [0.05, 0.1) is 5.56 Å². The van der Waals surface area contributed by atoms with Gasteiger partial charge < -0.3 is 14.2 Å². The third kappa shape index (κ3) is 4.87. The second-order valence-electron chi connectivity index (χ2n) is 5.08. The van der Waals surface area contributed by atoms with Crippen LogP contribution in [0.5, 0.6) is 0 Å². The van der Waals surface area contributed by atoms with E-state index in [1.54, 1.807) is 30.3 Å². The molecule has 1 aromatic carbocycles. The monoisotopic (exact) mass is 306 g/mol. The predicted octanol–water partition coefficient (Wildman–Crippen LogP) is 1.87. The summed E-state index contributed by atoms with van der Waals surface area (Å²) in [4.78, 5) is 34.4. The zero-order valence-corrected chi connectivity index (χ0v) is 12.3. The molecule has 6 nitrogen and oxygen atoms in total. The van der Waals surface area contributed by atoms with E-state index in [-0.39, 0.29) is 19.0 Å². The molecule has 0 N–H and O–H groups in total. The Bertz CT molecular complexity index is 539. The van der Waals surface area contributed by atoms with Gasteiger partial charge in [0, 0.05) is 19.8 Å². The van der Waals surface area contributed by atoms with Crippen molar-refractivity contribution < 1.29 is 28.6 Å². The SMILES string of the molecule is CC(=O)O[C@H]1CCC(=O)O[C@@H](COC(=O)c2ccccc2)C1. The summed E-state index contributed by atoms with van der Waals surface area (Å²) < 4.78 is 15.5. The summed E-state index contributed by atoms with van der Waals surface area (Å²) in [6, 6.07) is 8.55. The lowest BCUT2D eigenvalue weighted by molar-refractivity contribution is -0.150. The topological polar surface area (TPSA) is 78.9 Å². The van der Waals surface area contributed by atoms with Crippen molar-refractivity contribution in [2.24, 2.45) is 0 Å². The summed E-state index contributed by atoms with van der Waals surface area (Å²) in [5, 5.41) is 0. The summed E-state index contributed by atoms with van der Waals surface area (Å²) in [7, 11) is 0. The van der Waals surface area contributed by atoms with Crippen LogP contribution in [0.2, 0.25) is 0 Å². The van der Waals surface area contributed by atoms with Gasteiger partial charge in [0.1, 0.15) is 18.8 Å². The van der Waals surface area contributed by atoms with Crippen molar-refractivity contribution in [2.75, 3.05) is 6.61 Å². The Hall–Kier alpha value is -2.37. The first-order valence-corrected chi connectivity index (χ1v) is 7.13. The summed E-state index contributed by atoms with van der Waals surface area (Å²) in [6.07, 6.45) is -0.0767. The molecule has 0 bridgehead atoms. The number of benzene rings is 1. The van der Waals surface area contributed by atoms with Crippen molar-refractivity contribution in [3.05, 3.63) is 35.9 Å². The molecule has 0 saturated carbocycles. The third-order valence-corrected chi connectivity index (χ3v) is 3.24. The molecule has 2 rings (SSSR count). The van der Waals surface area contributed by atoms with Gasteiger partial charge in [0.25, 0.3) is 0 Å². The lowest BCUT2D eigenvalue weighted by Gasteiger charge is -2.19. The van der Waals surface area contributed by atoms with E-state index in [4.69, 9.17) is 14.2 Å². The fraction of sp³-hybridized carbons (Fsp3) is 0.438. The molecule has 1 saturated heterocycles. The first-order chi connectivity index (χ1) is 10.5. The molecule has 1 aliphatic heterocycles. The highest BCUT2D eigenvalue weighted by molar-refractivity contribution is 5.89. The van der Waals surface area contributed by atoms with Gasteiger partial charge in [-0.2, -0.15) is 0 Å². The standard InChI is InChI=1S/C16H18O6/c1-11(17)21-13-7-8-15(18)22-14(9-13)10-20-16(19)12-5-3-2-4-6-12/h2-6,13-14H,7-10H2,1H3/t13-,14+/m0/s1. The predicted molar refractivity (Wildman–Crippen MR) is 76.0 cm³/mol. The summed E-state index contributed by atoms with van der Waals surface area (Å²) in [6.45, 7) is 1.26. The molecule has 1 aliphatic rings. The van der Waals surface area contributed by atoms with Crippen molar-refractivity contribution >= 4 is 17.9 Å². The molecule has 0 radical (unpaired) electrons. The Labute approximate surface area is 128 Å². The van der Waals surface area contributed by atoms with Crippen LogP contribution in [0.25, 0.3) is 0 Å². The Kier molecular flexibility index (Phi) is 5.52. The maximum atomic E-state index is 11.9. The molecule has 118 valence electrons. The highest BCUT2D eigenvalue weighted by Gasteiger charge is 2.28. The Morgan fingerprint density at radius 2 is 2.00 bits per heavy atom. The van der Waals surface area contributed by atoms with Crippen LogP contribution in [0.3, 0.4) is 0 Å². The minimum atomic E-state index is -0.605. The van der Waals surface area contributed by atoms with E-state index < -0.39 is 24.1 Å². The van der Waals surface area contributed by atoms with Crippen molar-refractivity contribution in [1.29, 1.82) is 0 Å². The molecular weight excluding hydrogens is 288 g/mol. The van der Waals surface area contributed by atoms with Crippen LogP contribution in [0.15, 0.2) is 30.3 Å². The molecule has 0 aromatic heterocycles. The Balaban J connectivity index is 1.90. The second-order valence-corrected chi connectivity index (χ2v) is 5.08. The van der Waals surface area contributed by atoms with E-state index in [0.717, 1.165) is 0 Å². The van der Waals surface area contributed by atoms with E-state index >= 15 is 0 Å². The smallest absolute Gasteiger partial charge is 0.338 e. The zero-order chi connectivity index (χ0) is 15.9. The molecule has 6 heteroatoms. The number of hydrogen-bond donors (Lipinski definition) is 0. The number of cyclic esters (lactones) is 1. The molecule has 1 aromatic rings. The summed E-state index contributed by atoms with van der Waals surface area (Å²) in [5.74, 6) is -1.26. The number of carbonyl (C=O) groups is 3. The highest BCUT2D eigenvalue weighted by Crippen LogP contribution is 2.19. The Morgan fingerprint density at radius 1 is 1.27 bits per heavy atom. The normalized spacial score (nSPS) is 21.4. The minimum Gasteiger partial charge on any atom is -0.462 e. The molecular formula is C16H18O6. The maximum Gasteiger partial charge on any atom is 0.338 e. The van der Waals surface area contributed by atoms with Crippen LogP contribution in [-0.2, 0) is 23.8 Å². The molecule has 1 fully saturated rings. The van der Waals surface area contributed by atoms with Crippen molar-refractivity contribution in [1.82, 2.24) is 0 Å². The number of hydrogen-bond acceptors (Lipinski definition) is 6. The van der Waals surface area contributed by atoms with Crippen LogP contribution < -0.4 is 0 Å². The number of esters is 3. The second kappa shape index (κ2) is 7.59. The van der Waals surface area contributed by atoms with E-state index in [0.29, 0.717) is 18.4 Å². The number of carbonyl (C=O) groups excluding carboxylic acids is 3. The Morgan fingerprint density at radius 3 is 2.68 bits per heavy atom. The van der Waals surface area contributed by atoms with Crippen LogP contribution >= 0.6 is 0 Å². The van der Waals surface area contributed by atoms with Gasteiger partial charge in [0.2, 0.25) is 0 Å². The summed E-state index contributed by atoms with van der Waals surface area (Å²) in [5.41, 5.74) is 0.430. The van der Waals surface area contributed by atoms with Gasteiger partial charge in [0.15, 0.2) is 0 Å². The average Bonchev–Trinajstić information content (AvgIpc) is 2.67. The number of ether oxygens (including phenoxy) is 3. The van der Waals surface area contributed by atoms with Gasteiger partial charge in [-0.3, -0.25) is 9.59 Å². The third-order valence-electron chi connectivity index (χ3n) is 3.24. The number of rotatable bonds is 4. The molecule has 0 aliphatic carbocycles. The highest BCUT2D eigenvalue weighted by atomic mass is 16.6. The van der Waals surface area contributed by atoms with Crippen LogP contribution in [0.1, 0.15) is 36.5 Å². The van der Waals surface area contributed by atoms with Gasteiger partial charge >= 0.3 is 17.9 Å². The summed E-state index contributed by atoms with van der Waals surface area (Å²) >= 11 is 0. The molecule has 1 heterocycles. The van der Waals surface area contributed by atoms with Crippen molar-refractivity contribution in [3.63, 3.8) is 0 Å². The fourth-order valence-electron chi connectivity index (χ4n) is 2.25. The molecule has 0 amide bonds. The van der Waals surface area contributed by atoms with Crippen molar-refractivity contribution in [2.45, 2.75) is 38.4 Å². The first kappa shape index (κ1) is 16.0.